The monoisotopic (exact) mass is 489 g/mol. The SMILES string of the molecule is CN=C(NCC(=O)NCCOC)NCc1ccc(N2CCCC2=O)cc1.I. The van der Waals surface area contributed by atoms with Crippen molar-refractivity contribution in [2.45, 2.75) is 19.4 Å². The summed E-state index contributed by atoms with van der Waals surface area (Å²) in [5.41, 5.74) is 2.00. The molecule has 8 nitrogen and oxygen atoms in total. The lowest BCUT2D eigenvalue weighted by molar-refractivity contribution is -0.120. The second-order valence-electron chi connectivity index (χ2n) is 5.94. The van der Waals surface area contributed by atoms with Gasteiger partial charge in [-0.3, -0.25) is 14.6 Å². The molecule has 1 aliphatic heterocycles. The number of amides is 2. The van der Waals surface area contributed by atoms with Gasteiger partial charge in [0, 0.05) is 45.9 Å². The Morgan fingerprint density at radius 1 is 1.22 bits per heavy atom. The summed E-state index contributed by atoms with van der Waals surface area (Å²) in [5.74, 6) is 0.611. The highest BCUT2D eigenvalue weighted by Gasteiger charge is 2.21. The molecule has 0 atom stereocenters. The number of nitrogens with zero attached hydrogens (tertiary/aromatic N) is 2. The van der Waals surface area contributed by atoms with Crippen LogP contribution in [-0.2, 0) is 20.9 Å². The second kappa shape index (κ2) is 12.5. The third-order valence-electron chi connectivity index (χ3n) is 4.05. The normalized spacial score (nSPS) is 13.9. The van der Waals surface area contributed by atoms with Gasteiger partial charge in [0.05, 0.1) is 13.2 Å². The number of ether oxygens (including phenoxy) is 1. The van der Waals surface area contributed by atoms with Gasteiger partial charge in [-0.1, -0.05) is 12.1 Å². The van der Waals surface area contributed by atoms with Gasteiger partial charge in [-0.2, -0.15) is 0 Å². The average molecular weight is 489 g/mol. The summed E-state index contributed by atoms with van der Waals surface area (Å²) in [4.78, 5) is 29.3. The highest BCUT2D eigenvalue weighted by molar-refractivity contribution is 14.0. The number of guanidine groups is 1. The summed E-state index contributed by atoms with van der Waals surface area (Å²) < 4.78 is 4.88. The predicted molar refractivity (Wildman–Crippen MR) is 117 cm³/mol. The van der Waals surface area contributed by atoms with Gasteiger partial charge >= 0.3 is 0 Å². The van der Waals surface area contributed by atoms with Crippen LogP contribution in [0.5, 0.6) is 0 Å². The van der Waals surface area contributed by atoms with Crippen molar-refractivity contribution in [3.8, 4) is 0 Å². The fourth-order valence-corrected chi connectivity index (χ4v) is 2.64. The molecule has 0 aromatic heterocycles. The number of nitrogens with one attached hydrogen (secondary N) is 3. The Balaban J connectivity index is 0.00000364. The van der Waals surface area contributed by atoms with Crippen LogP contribution in [0.1, 0.15) is 18.4 Å². The molecule has 1 aliphatic rings. The van der Waals surface area contributed by atoms with Crippen molar-refractivity contribution in [2.24, 2.45) is 4.99 Å². The molecule has 0 radical (unpaired) electrons. The van der Waals surface area contributed by atoms with E-state index in [4.69, 9.17) is 4.74 Å². The lowest BCUT2D eigenvalue weighted by Crippen LogP contribution is -2.43. The highest BCUT2D eigenvalue weighted by Crippen LogP contribution is 2.21. The molecule has 3 N–H and O–H groups in total. The molecule has 2 rings (SSSR count). The Morgan fingerprint density at radius 3 is 2.56 bits per heavy atom. The lowest BCUT2D eigenvalue weighted by atomic mass is 10.2. The number of methoxy groups -OCH3 is 1. The zero-order valence-electron chi connectivity index (χ0n) is 15.8. The smallest absolute Gasteiger partial charge is 0.239 e. The fourth-order valence-electron chi connectivity index (χ4n) is 2.64. The van der Waals surface area contributed by atoms with Crippen LogP contribution in [0.4, 0.5) is 5.69 Å². The Labute approximate surface area is 177 Å². The van der Waals surface area contributed by atoms with Crippen LogP contribution in [0.3, 0.4) is 0 Å². The van der Waals surface area contributed by atoms with E-state index in [0.29, 0.717) is 32.1 Å². The van der Waals surface area contributed by atoms with E-state index in [1.165, 1.54) is 0 Å². The molecule has 150 valence electrons. The largest absolute Gasteiger partial charge is 0.383 e. The molecule has 0 unspecified atom stereocenters. The van der Waals surface area contributed by atoms with Crippen molar-refractivity contribution < 1.29 is 14.3 Å². The predicted octanol–water partition coefficient (Wildman–Crippen LogP) is 0.859. The summed E-state index contributed by atoms with van der Waals surface area (Å²) >= 11 is 0. The van der Waals surface area contributed by atoms with Crippen LogP contribution in [-0.4, -0.2) is 58.2 Å². The van der Waals surface area contributed by atoms with Gasteiger partial charge in [0.25, 0.3) is 0 Å². The number of benzene rings is 1. The van der Waals surface area contributed by atoms with Gasteiger partial charge in [-0.25, -0.2) is 0 Å². The standard InChI is InChI=1S/C18H27N5O3.HI/c1-19-18(22-13-16(24)20-9-11-26-2)21-12-14-5-7-15(8-6-14)23-10-3-4-17(23)25;/h5-8H,3-4,9-13H2,1-2H3,(H,20,24)(H2,19,21,22);1H. The Bertz CT molecular complexity index is 636. The Hall–Kier alpha value is -1.88. The number of hydrogen-bond acceptors (Lipinski definition) is 4. The number of anilines is 1. The molecule has 0 saturated carbocycles. The third-order valence-corrected chi connectivity index (χ3v) is 4.05. The first-order valence-electron chi connectivity index (χ1n) is 8.73. The number of carbonyl (C=O) groups excluding carboxylic acids is 2. The molecule has 1 heterocycles. The van der Waals surface area contributed by atoms with Crippen LogP contribution in [0.15, 0.2) is 29.3 Å². The van der Waals surface area contributed by atoms with E-state index in [-0.39, 0.29) is 42.3 Å². The number of rotatable bonds is 8. The van der Waals surface area contributed by atoms with Gasteiger partial charge in [0.2, 0.25) is 11.8 Å². The zero-order valence-corrected chi connectivity index (χ0v) is 18.1. The summed E-state index contributed by atoms with van der Waals surface area (Å²) in [6, 6.07) is 7.89. The zero-order chi connectivity index (χ0) is 18.8. The van der Waals surface area contributed by atoms with Crippen molar-refractivity contribution in [3.63, 3.8) is 0 Å². The maximum absolute atomic E-state index is 11.8. The summed E-state index contributed by atoms with van der Waals surface area (Å²) in [6.45, 7) is 2.46. The molecule has 2 amide bonds. The Morgan fingerprint density at radius 2 is 1.96 bits per heavy atom. The van der Waals surface area contributed by atoms with Gasteiger partial charge in [-0.15, -0.1) is 24.0 Å². The molecule has 9 heteroatoms. The van der Waals surface area contributed by atoms with Crippen LogP contribution >= 0.6 is 24.0 Å². The number of aliphatic imine (C=N–C) groups is 1. The van der Waals surface area contributed by atoms with Gasteiger partial charge < -0.3 is 25.6 Å². The van der Waals surface area contributed by atoms with Crippen LogP contribution in [0.2, 0.25) is 0 Å². The van der Waals surface area contributed by atoms with Crippen LogP contribution in [0, 0.1) is 0 Å². The van der Waals surface area contributed by atoms with E-state index in [0.717, 1.165) is 24.2 Å². The highest BCUT2D eigenvalue weighted by atomic mass is 127. The van der Waals surface area contributed by atoms with E-state index < -0.39 is 0 Å². The minimum atomic E-state index is -0.121. The fraction of sp³-hybridized carbons (Fsp3) is 0.500. The second-order valence-corrected chi connectivity index (χ2v) is 5.94. The molecule has 1 aromatic rings. The van der Waals surface area contributed by atoms with Gasteiger partial charge in [-0.05, 0) is 24.1 Å². The van der Waals surface area contributed by atoms with E-state index in [9.17, 15) is 9.59 Å². The number of carbonyl (C=O) groups is 2. The first kappa shape index (κ1) is 23.2. The number of hydrogen-bond donors (Lipinski definition) is 3. The Kier molecular flexibility index (Phi) is 10.7. The lowest BCUT2D eigenvalue weighted by Gasteiger charge is -2.16. The summed E-state index contributed by atoms with van der Waals surface area (Å²) in [5, 5.41) is 8.85. The third kappa shape index (κ3) is 7.71. The quantitative estimate of drug-likeness (QED) is 0.218. The van der Waals surface area contributed by atoms with E-state index in [1.54, 1.807) is 14.2 Å². The van der Waals surface area contributed by atoms with Crippen molar-refractivity contribution >= 4 is 47.4 Å². The van der Waals surface area contributed by atoms with Crippen molar-refractivity contribution in [1.82, 2.24) is 16.0 Å². The average Bonchev–Trinajstić information content (AvgIpc) is 3.08. The molecule has 27 heavy (non-hydrogen) atoms. The summed E-state index contributed by atoms with van der Waals surface area (Å²) in [7, 11) is 3.24. The molecular formula is C18H28IN5O3. The molecule has 0 spiro atoms. The molecule has 1 saturated heterocycles. The maximum Gasteiger partial charge on any atom is 0.239 e. The topological polar surface area (TPSA) is 95.1 Å². The molecule has 1 fully saturated rings. The maximum atomic E-state index is 11.8. The molecule has 1 aromatic carbocycles. The molecule has 0 aliphatic carbocycles. The minimum Gasteiger partial charge on any atom is -0.383 e. The summed E-state index contributed by atoms with van der Waals surface area (Å²) in [6.07, 6.45) is 1.55. The first-order chi connectivity index (χ1) is 12.6. The minimum absolute atomic E-state index is 0. The van der Waals surface area contributed by atoms with Gasteiger partial charge in [0.1, 0.15) is 0 Å². The van der Waals surface area contributed by atoms with E-state index in [1.807, 2.05) is 29.2 Å². The van der Waals surface area contributed by atoms with Gasteiger partial charge in [0.15, 0.2) is 5.96 Å². The van der Waals surface area contributed by atoms with Crippen molar-refractivity contribution in [1.29, 1.82) is 0 Å². The molecule has 0 bridgehead atoms. The number of halogens is 1. The molecular weight excluding hydrogens is 461 g/mol. The van der Waals surface area contributed by atoms with Crippen molar-refractivity contribution in [2.75, 3.05) is 45.3 Å². The van der Waals surface area contributed by atoms with Crippen molar-refractivity contribution in [3.05, 3.63) is 29.8 Å². The van der Waals surface area contributed by atoms with Crippen LogP contribution < -0.4 is 20.9 Å². The first-order valence-corrected chi connectivity index (χ1v) is 8.73. The van der Waals surface area contributed by atoms with E-state index in [2.05, 4.69) is 20.9 Å². The van der Waals surface area contributed by atoms with E-state index >= 15 is 0 Å². The van der Waals surface area contributed by atoms with Crippen LogP contribution in [0.25, 0.3) is 0 Å².